The summed E-state index contributed by atoms with van der Waals surface area (Å²) in [7, 11) is 0. The van der Waals surface area contributed by atoms with Crippen molar-refractivity contribution >= 4 is 23.2 Å². The number of allylic oxidation sites excluding steroid dienone is 1. The van der Waals surface area contributed by atoms with E-state index in [1.807, 2.05) is 4.90 Å². The minimum atomic E-state index is -0.351. The molecule has 3 heterocycles. The highest BCUT2D eigenvalue weighted by atomic mass is 16.4. The molecular weight excluding hydrogens is 356 g/mol. The summed E-state index contributed by atoms with van der Waals surface area (Å²) < 4.78 is 6.58. The second kappa shape index (κ2) is 6.15. The summed E-state index contributed by atoms with van der Waals surface area (Å²) in [6.45, 7) is 2.97. The molecule has 0 atom stereocenters. The molecule has 1 aliphatic carbocycles. The Hall–Kier alpha value is -3.22. The van der Waals surface area contributed by atoms with Gasteiger partial charge in [-0.1, -0.05) is 36.4 Å². The Labute approximate surface area is 161 Å². The largest absolute Gasteiger partial charge is 0.422 e. The van der Waals surface area contributed by atoms with Crippen LogP contribution in [0.1, 0.15) is 29.9 Å². The van der Waals surface area contributed by atoms with E-state index in [2.05, 4.69) is 46.4 Å². The Balaban J connectivity index is 1.31. The molecule has 2 aromatic heterocycles. The molecule has 5 rings (SSSR count). The number of oxazole rings is 1. The van der Waals surface area contributed by atoms with Crippen molar-refractivity contribution in [1.82, 2.24) is 19.4 Å². The molecular formula is C21H20N4O3. The third kappa shape index (κ3) is 2.58. The van der Waals surface area contributed by atoms with E-state index in [-0.39, 0.29) is 34.7 Å². The van der Waals surface area contributed by atoms with Gasteiger partial charge in [0.25, 0.3) is 11.3 Å². The van der Waals surface area contributed by atoms with Crippen LogP contribution in [0.15, 0.2) is 45.9 Å². The molecule has 0 saturated carbocycles. The van der Waals surface area contributed by atoms with E-state index >= 15 is 0 Å². The number of aromatic nitrogens is 3. The van der Waals surface area contributed by atoms with Crippen molar-refractivity contribution in [2.24, 2.45) is 0 Å². The third-order valence-electron chi connectivity index (χ3n) is 5.89. The van der Waals surface area contributed by atoms with Crippen LogP contribution in [0.5, 0.6) is 0 Å². The fourth-order valence-electron chi connectivity index (χ4n) is 4.34. The van der Waals surface area contributed by atoms with Crippen LogP contribution >= 0.6 is 0 Å². The SMILES string of the molecule is Cc1nc2c(=O)n(CC(=O)N3CCC4(C=Cc5ccccc54)CC3)cnc2o1. The van der Waals surface area contributed by atoms with Gasteiger partial charge in [0.2, 0.25) is 5.91 Å². The predicted octanol–water partition coefficient (Wildman–Crippen LogP) is 2.28. The predicted molar refractivity (Wildman–Crippen MR) is 104 cm³/mol. The average molecular weight is 376 g/mol. The summed E-state index contributed by atoms with van der Waals surface area (Å²) in [5.74, 6) is 0.309. The van der Waals surface area contributed by atoms with Crippen LogP contribution < -0.4 is 5.56 Å². The van der Waals surface area contributed by atoms with Crippen molar-refractivity contribution in [1.29, 1.82) is 0 Å². The van der Waals surface area contributed by atoms with Crippen LogP contribution in [-0.4, -0.2) is 38.4 Å². The number of amides is 1. The smallest absolute Gasteiger partial charge is 0.283 e. The molecule has 2 aliphatic rings. The zero-order valence-electron chi connectivity index (χ0n) is 15.6. The van der Waals surface area contributed by atoms with Gasteiger partial charge in [-0.3, -0.25) is 14.2 Å². The Morgan fingerprint density at radius 2 is 2.04 bits per heavy atom. The van der Waals surface area contributed by atoms with Crippen LogP contribution in [0.2, 0.25) is 0 Å². The lowest BCUT2D eigenvalue weighted by Crippen LogP contribution is -2.45. The number of rotatable bonds is 2. The van der Waals surface area contributed by atoms with Gasteiger partial charge in [-0.05, 0) is 24.0 Å². The number of carbonyl (C=O) groups excluding carboxylic acids is 1. The Morgan fingerprint density at radius 3 is 2.86 bits per heavy atom. The molecule has 1 aromatic carbocycles. The zero-order chi connectivity index (χ0) is 19.3. The quantitative estimate of drug-likeness (QED) is 0.685. The van der Waals surface area contributed by atoms with Gasteiger partial charge >= 0.3 is 0 Å². The third-order valence-corrected chi connectivity index (χ3v) is 5.89. The van der Waals surface area contributed by atoms with E-state index in [4.69, 9.17) is 4.42 Å². The normalized spacial score (nSPS) is 17.4. The molecule has 142 valence electrons. The maximum absolute atomic E-state index is 12.8. The molecule has 1 aliphatic heterocycles. The van der Waals surface area contributed by atoms with Crippen molar-refractivity contribution < 1.29 is 9.21 Å². The molecule has 1 saturated heterocycles. The highest BCUT2D eigenvalue weighted by Crippen LogP contribution is 2.43. The first-order valence-electron chi connectivity index (χ1n) is 9.45. The van der Waals surface area contributed by atoms with E-state index in [0.717, 1.165) is 12.8 Å². The first-order valence-corrected chi connectivity index (χ1v) is 9.45. The number of aryl methyl sites for hydroxylation is 1. The molecule has 0 N–H and O–H groups in total. The number of carbonyl (C=O) groups is 1. The van der Waals surface area contributed by atoms with Crippen LogP contribution in [0.25, 0.3) is 17.3 Å². The lowest BCUT2D eigenvalue weighted by Gasteiger charge is -2.39. The first-order chi connectivity index (χ1) is 13.6. The van der Waals surface area contributed by atoms with Crippen molar-refractivity contribution in [3.8, 4) is 0 Å². The van der Waals surface area contributed by atoms with Gasteiger partial charge in [-0.2, -0.15) is 0 Å². The average Bonchev–Trinajstić information content (AvgIpc) is 3.26. The van der Waals surface area contributed by atoms with Crippen molar-refractivity contribution in [2.75, 3.05) is 13.1 Å². The summed E-state index contributed by atoms with van der Waals surface area (Å²) in [6, 6.07) is 8.46. The molecule has 28 heavy (non-hydrogen) atoms. The number of hydrogen-bond donors (Lipinski definition) is 0. The topological polar surface area (TPSA) is 81.2 Å². The summed E-state index contributed by atoms with van der Waals surface area (Å²) in [5.41, 5.74) is 2.68. The molecule has 0 bridgehead atoms. The van der Waals surface area contributed by atoms with E-state index in [0.29, 0.717) is 19.0 Å². The minimum Gasteiger partial charge on any atom is -0.422 e. The number of hydrogen-bond acceptors (Lipinski definition) is 5. The minimum absolute atomic E-state index is 0.0307. The van der Waals surface area contributed by atoms with Gasteiger partial charge in [-0.15, -0.1) is 0 Å². The molecule has 1 amide bonds. The van der Waals surface area contributed by atoms with Crippen LogP contribution in [0.4, 0.5) is 0 Å². The number of fused-ring (bicyclic) bond motifs is 3. The maximum Gasteiger partial charge on any atom is 0.283 e. The highest BCUT2D eigenvalue weighted by Gasteiger charge is 2.38. The van der Waals surface area contributed by atoms with E-state index in [1.165, 1.54) is 22.0 Å². The van der Waals surface area contributed by atoms with Gasteiger partial charge < -0.3 is 9.32 Å². The number of nitrogens with zero attached hydrogens (tertiary/aromatic N) is 4. The molecule has 1 fully saturated rings. The summed E-state index contributed by atoms with van der Waals surface area (Å²) in [5, 5.41) is 0. The van der Waals surface area contributed by atoms with Crippen molar-refractivity contribution in [3.05, 3.63) is 64.0 Å². The number of piperidine rings is 1. The number of likely N-dealkylation sites (tertiary alicyclic amines) is 1. The van der Waals surface area contributed by atoms with Crippen molar-refractivity contribution in [2.45, 2.75) is 31.7 Å². The maximum atomic E-state index is 12.8. The van der Waals surface area contributed by atoms with Crippen molar-refractivity contribution in [3.63, 3.8) is 0 Å². The summed E-state index contributed by atoms with van der Waals surface area (Å²) >= 11 is 0. The van der Waals surface area contributed by atoms with Gasteiger partial charge in [0.05, 0.1) is 0 Å². The second-order valence-electron chi connectivity index (χ2n) is 7.52. The summed E-state index contributed by atoms with van der Waals surface area (Å²) in [6.07, 6.45) is 7.61. The molecule has 1 spiro atoms. The molecule has 7 nitrogen and oxygen atoms in total. The standard InChI is InChI=1S/C21H20N4O3/c1-14-23-18-19(28-14)22-13-25(20(18)27)12-17(26)24-10-8-21(9-11-24)7-6-15-4-2-3-5-16(15)21/h2-7,13H,8-12H2,1H3. The van der Waals surface area contributed by atoms with Gasteiger partial charge in [0.1, 0.15) is 12.9 Å². The molecule has 0 unspecified atom stereocenters. The Kier molecular flexibility index (Phi) is 3.72. The van der Waals surface area contributed by atoms with Crippen LogP contribution in [0, 0.1) is 6.92 Å². The fourth-order valence-corrected chi connectivity index (χ4v) is 4.34. The van der Waals surface area contributed by atoms with Gasteiger partial charge in [0.15, 0.2) is 11.4 Å². The highest BCUT2D eigenvalue weighted by molar-refractivity contribution is 5.77. The van der Waals surface area contributed by atoms with E-state index < -0.39 is 0 Å². The monoisotopic (exact) mass is 376 g/mol. The lowest BCUT2D eigenvalue weighted by atomic mass is 9.74. The fraction of sp³-hybridized carbons (Fsp3) is 0.333. The number of benzene rings is 1. The van der Waals surface area contributed by atoms with E-state index in [1.54, 1.807) is 6.92 Å². The van der Waals surface area contributed by atoms with Crippen LogP contribution in [-0.2, 0) is 16.8 Å². The Morgan fingerprint density at radius 1 is 1.25 bits per heavy atom. The summed E-state index contributed by atoms with van der Waals surface area (Å²) in [4.78, 5) is 35.3. The molecule has 0 radical (unpaired) electrons. The van der Waals surface area contributed by atoms with Crippen LogP contribution in [0.3, 0.4) is 0 Å². The zero-order valence-corrected chi connectivity index (χ0v) is 15.6. The molecule has 3 aromatic rings. The van der Waals surface area contributed by atoms with E-state index in [9.17, 15) is 9.59 Å². The second-order valence-corrected chi connectivity index (χ2v) is 7.52. The van der Waals surface area contributed by atoms with Gasteiger partial charge in [0, 0.05) is 25.4 Å². The Bertz CT molecular complexity index is 1170. The first kappa shape index (κ1) is 16.9. The lowest BCUT2D eigenvalue weighted by molar-refractivity contribution is -0.133. The molecule has 7 heteroatoms. The van der Waals surface area contributed by atoms with Gasteiger partial charge in [-0.25, -0.2) is 9.97 Å².